The lowest BCUT2D eigenvalue weighted by atomic mass is 9.91. The number of phenols is 1. The number of phenolic OH excluding ortho intramolecular Hbond substituents is 1. The highest BCUT2D eigenvalue weighted by atomic mass is 16.5. The average molecular weight is 426 g/mol. The summed E-state index contributed by atoms with van der Waals surface area (Å²) >= 11 is 0. The van der Waals surface area contributed by atoms with E-state index >= 15 is 0 Å². The van der Waals surface area contributed by atoms with Crippen molar-refractivity contribution < 1.29 is 19.4 Å². The number of nitrogens with one attached hydrogen (secondary N) is 1. The zero-order chi connectivity index (χ0) is 22.2. The van der Waals surface area contributed by atoms with E-state index in [9.17, 15) is 14.7 Å². The van der Waals surface area contributed by atoms with Gasteiger partial charge >= 0.3 is 5.97 Å². The van der Waals surface area contributed by atoms with Gasteiger partial charge in [0, 0.05) is 23.1 Å². The van der Waals surface area contributed by atoms with Crippen LogP contribution in [0, 0.1) is 0 Å². The van der Waals surface area contributed by atoms with Gasteiger partial charge in [-0.05, 0) is 47.9 Å². The van der Waals surface area contributed by atoms with Crippen molar-refractivity contribution in [3.05, 3.63) is 101 Å². The van der Waals surface area contributed by atoms with Gasteiger partial charge in [-0.2, -0.15) is 0 Å². The van der Waals surface area contributed by atoms with Crippen LogP contribution in [0.2, 0.25) is 0 Å². The molecule has 3 aromatic carbocycles. The molecular weight excluding hydrogens is 404 g/mol. The second kappa shape index (κ2) is 7.89. The van der Waals surface area contributed by atoms with E-state index in [0.717, 1.165) is 22.2 Å². The number of hydrogen-bond acceptors (Lipinski definition) is 4. The summed E-state index contributed by atoms with van der Waals surface area (Å²) in [5.41, 5.74) is 4.74. The molecule has 0 aliphatic carbocycles. The SMILES string of the molecule is COC(=O)c1ccc(C2c3[nH]c4ccccc4c3CCN2C(=O)c2ccccc2O)cc1. The smallest absolute Gasteiger partial charge is 0.337 e. The van der Waals surface area contributed by atoms with Crippen molar-refractivity contribution in [2.75, 3.05) is 13.7 Å². The third-order valence-corrected chi connectivity index (χ3v) is 6.08. The molecule has 1 unspecified atom stereocenters. The number of para-hydroxylation sites is 2. The molecule has 0 saturated carbocycles. The van der Waals surface area contributed by atoms with Crippen molar-refractivity contribution in [2.45, 2.75) is 12.5 Å². The van der Waals surface area contributed by atoms with Gasteiger partial charge in [0.05, 0.1) is 24.3 Å². The van der Waals surface area contributed by atoms with Gasteiger partial charge in [-0.25, -0.2) is 4.79 Å². The van der Waals surface area contributed by atoms with Gasteiger partial charge in [0.15, 0.2) is 0 Å². The van der Waals surface area contributed by atoms with Crippen molar-refractivity contribution in [3.8, 4) is 5.75 Å². The maximum atomic E-state index is 13.5. The van der Waals surface area contributed by atoms with Crippen LogP contribution >= 0.6 is 0 Å². The fourth-order valence-electron chi connectivity index (χ4n) is 4.53. The van der Waals surface area contributed by atoms with E-state index in [4.69, 9.17) is 4.74 Å². The van der Waals surface area contributed by atoms with Gasteiger partial charge in [-0.3, -0.25) is 4.79 Å². The van der Waals surface area contributed by atoms with Gasteiger partial charge < -0.3 is 19.7 Å². The molecule has 32 heavy (non-hydrogen) atoms. The van der Waals surface area contributed by atoms with Crippen molar-refractivity contribution in [1.29, 1.82) is 0 Å². The van der Waals surface area contributed by atoms with Crippen LogP contribution in [0.1, 0.15) is 43.6 Å². The molecule has 5 rings (SSSR count). The van der Waals surface area contributed by atoms with Crippen molar-refractivity contribution in [3.63, 3.8) is 0 Å². The number of carbonyl (C=O) groups is 2. The van der Waals surface area contributed by atoms with E-state index in [1.54, 1.807) is 35.2 Å². The summed E-state index contributed by atoms with van der Waals surface area (Å²) in [4.78, 5) is 30.7. The zero-order valence-electron chi connectivity index (χ0n) is 17.5. The van der Waals surface area contributed by atoms with Gasteiger partial charge in [0.2, 0.25) is 0 Å². The molecule has 0 saturated heterocycles. The predicted octanol–water partition coefficient (Wildman–Crippen LogP) is 4.45. The van der Waals surface area contributed by atoms with Crippen LogP contribution in [0.15, 0.2) is 72.8 Å². The number of rotatable bonds is 3. The Morgan fingerprint density at radius 2 is 1.72 bits per heavy atom. The molecule has 1 atom stereocenters. The van der Waals surface area contributed by atoms with Gasteiger partial charge in [-0.15, -0.1) is 0 Å². The lowest BCUT2D eigenvalue weighted by molar-refractivity contribution is 0.0599. The second-order valence-corrected chi connectivity index (χ2v) is 7.84. The van der Waals surface area contributed by atoms with E-state index in [1.165, 1.54) is 18.7 Å². The number of hydrogen-bond donors (Lipinski definition) is 2. The van der Waals surface area contributed by atoms with E-state index in [1.807, 2.05) is 30.3 Å². The van der Waals surface area contributed by atoms with Gasteiger partial charge in [0.25, 0.3) is 5.91 Å². The molecule has 2 N–H and O–H groups in total. The number of esters is 1. The highest BCUT2D eigenvalue weighted by Gasteiger charge is 2.35. The largest absolute Gasteiger partial charge is 0.507 e. The number of amides is 1. The first-order valence-electron chi connectivity index (χ1n) is 10.4. The maximum Gasteiger partial charge on any atom is 0.337 e. The fraction of sp³-hybridized carbons (Fsp3) is 0.154. The third kappa shape index (κ3) is 3.21. The van der Waals surface area contributed by atoms with Crippen LogP contribution in [-0.4, -0.2) is 40.5 Å². The second-order valence-electron chi connectivity index (χ2n) is 7.84. The number of carbonyl (C=O) groups excluding carboxylic acids is 2. The zero-order valence-corrected chi connectivity index (χ0v) is 17.5. The average Bonchev–Trinajstić information content (AvgIpc) is 3.21. The molecule has 0 fully saturated rings. The Bertz CT molecular complexity index is 1320. The molecule has 2 heterocycles. The summed E-state index contributed by atoms with van der Waals surface area (Å²) in [7, 11) is 1.35. The number of methoxy groups -OCH3 is 1. The first kappa shape index (κ1) is 19.9. The molecule has 160 valence electrons. The highest BCUT2D eigenvalue weighted by Crippen LogP contribution is 2.39. The Hall–Kier alpha value is -4.06. The van der Waals surface area contributed by atoms with E-state index in [-0.39, 0.29) is 23.3 Å². The molecule has 6 nitrogen and oxygen atoms in total. The minimum atomic E-state index is -0.409. The lowest BCUT2D eigenvalue weighted by Crippen LogP contribution is -2.40. The number of aromatic hydroxyl groups is 1. The molecule has 6 heteroatoms. The summed E-state index contributed by atoms with van der Waals surface area (Å²) < 4.78 is 4.81. The van der Waals surface area contributed by atoms with Gasteiger partial charge in [0.1, 0.15) is 5.75 Å². The highest BCUT2D eigenvalue weighted by molar-refractivity contribution is 5.98. The third-order valence-electron chi connectivity index (χ3n) is 6.08. The molecule has 1 aliphatic rings. The standard InChI is InChI=1S/C26H22N2O4/c1-32-26(31)17-12-10-16(11-13-17)24-23-19(18-6-2-4-8-21(18)27-23)14-15-28(24)25(30)20-7-3-5-9-22(20)29/h2-13,24,27,29H,14-15H2,1H3. The van der Waals surface area contributed by atoms with Crippen LogP contribution in [0.25, 0.3) is 10.9 Å². The number of fused-ring (bicyclic) bond motifs is 3. The van der Waals surface area contributed by atoms with Gasteiger partial charge in [-0.1, -0.05) is 42.5 Å². The van der Waals surface area contributed by atoms with E-state index in [2.05, 4.69) is 11.1 Å². The summed E-state index contributed by atoms with van der Waals surface area (Å²) in [5, 5.41) is 11.4. The van der Waals surface area contributed by atoms with Crippen LogP contribution in [0.3, 0.4) is 0 Å². The van der Waals surface area contributed by atoms with Crippen LogP contribution < -0.4 is 0 Å². The molecule has 0 bridgehead atoms. The Labute approximate surface area is 185 Å². The minimum Gasteiger partial charge on any atom is -0.507 e. The Morgan fingerprint density at radius 1 is 1.00 bits per heavy atom. The number of H-pyrrole nitrogens is 1. The fourth-order valence-corrected chi connectivity index (χ4v) is 4.53. The quantitative estimate of drug-likeness (QED) is 0.474. The molecular formula is C26H22N2O4. The van der Waals surface area contributed by atoms with E-state index < -0.39 is 5.97 Å². The normalized spacial score (nSPS) is 15.4. The number of ether oxygens (including phenoxy) is 1. The van der Waals surface area contributed by atoms with Crippen molar-refractivity contribution >= 4 is 22.8 Å². The molecule has 1 aliphatic heterocycles. The number of nitrogens with zero attached hydrogens (tertiary/aromatic N) is 1. The van der Waals surface area contributed by atoms with Crippen LogP contribution in [0.4, 0.5) is 0 Å². The molecule has 1 amide bonds. The van der Waals surface area contributed by atoms with E-state index in [0.29, 0.717) is 18.5 Å². The molecule has 1 aromatic heterocycles. The molecule has 0 radical (unpaired) electrons. The summed E-state index contributed by atoms with van der Waals surface area (Å²) in [6, 6.07) is 21.4. The first-order chi connectivity index (χ1) is 15.6. The number of benzene rings is 3. The summed E-state index contributed by atoms with van der Waals surface area (Å²) in [6.45, 7) is 0.505. The number of aromatic nitrogens is 1. The minimum absolute atomic E-state index is 0.0419. The topological polar surface area (TPSA) is 82.6 Å². The summed E-state index contributed by atoms with van der Waals surface area (Å²) in [6.07, 6.45) is 0.704. The Balaban J connectivity index is 1.64. The Kier molecular flexibility index (Phi) is 4.90. The van der Waals surface area contributed by atoms with Crippen molar-refractivity contribution in [1.82, 2.24) is 9.88 Å². The lowest BCUT2D eigenvalue weighted by Gasteiger charge is -2.36. The summed E-state index contributed by atoms with van der Waals surface area (Å²) in [5.74, 6) is -0.692. The van der Waals surface area contributed by atoms with Crippen LogP contribution in [0.5, 0.6) is 5.75 Å². The molecule has 0 spiro atoms. The maximum absolute atomic E-state index is 13.5. The van der Waals surface area contributed by atoms with Crippen LogP contribution in [-0.2, 0) is 11.2 Å². The molecule has 4 aromatic rings. The monoisotopic (exact) mass is 426 g/mol. The Morgan fingerprint density at radius 3 is 2.47 bits per heavy atom. The first-order valence-corrected chi connectivity index (χ1v) is 10.4. The number of aromatic amines is 1. The van der Waals surface area contributed by atoms with Crippen molar-refractivity contribution in [2.24, 2.45) is 0 Å². The predicted molar refractivity (Wildman–Crippen MR) is 121 cm³/mol.